The van der Waals surface area contributed by atoms with E-state index in [0.717, 1.165) is 30.7 Å². The third-order valence-corrected chi connectivity index (χ3v) is 5.70. The monoisotopic (exact) mass is 352 g/mol. The molecule has 1 aromatic carbocycles. The summed E-state index contributed by atoms with van der Waals surface area (Å²) in [6.45, 7) is 6.67. The summed E-state index contributed by atoms with van der Waals surface area (Å²) in [6.07, 6.45) is 2.58. The zero-order valence-corrected chi connectivity index (χ0v) is 14.4. The summed E-state index contributed by atoms with van der Waals surface area (Å²) in [4.78, 5) is 2.62. The Kier molecular flexibility index (Phi) is 4.99. The Balaban J connectivity index is 1.68. The van der Waals surface area contributed by atoms with Gasteiger partial charge in [0, 0.05) is 37.1 Å². The topological polar surface area (TPSA) is 24.5 Å². The summed E-state index contributed by atoms with van der Waals surface area (Å²) in [6, 6.07) is 8.72. The largest absolute Gasteiger partial charge is 0.384 e. The summed E-state index contributed by atoms with van der Waals surface area (Å²) in [5.41, 5.74) is 1.87. The van der Waals surface area contributed by atoms with E-state index in [2.05, 4.69) is 50.4 Å². The first-order valence-electron chi connectivity index (χ1n) is 7.88. The zero-order chi connectivity index (χ0) is 14.7. The molecule has 1 unspecified atom stereocenters. The second kappa shape index (κ2) is 6.78. The van der Waals surface area contributed by atoms with Gasteiger partial charge in [-0.15, -0.1) is 0 Å². The van der Waals surface area contributed by atoms with Crippen LogP contribution in [-0.4, -0.2) is 44.8 Å². The lowest BCUT2D eigenvalue weighted by atomic mass is 9.71. The maximum atomic E-state index is 5.51. The van der Waals surface area contributed by atoms with Crippen LogP contribution in [-0.2, 0) is 11.3 Å². The first-order valence-corrected chi connectivity index (χ1v) is 8.68. The molecule has 4 heteroatoms. The minimum Gasteiger partial charge on any atom is -0.384 e. The van der Waals surface area contributed by atoms with Crippen LogP contribution in [0.3, 0.4) is 0 Å². The van der Waals surface area contributed by atoms with Crippen LogP contribution in [0.4, 0.5) is 0 Å². The number of ether oxygens (including phenoxy) is 1. The summed E-state index contributed by atoms with van der Waals surface area (Å²) in [5.74, 6) is 0.681. The van der Waals surface area contributed by atoms with Gasteiger partial charge in [0.15, 0.2) is 0 Å². The number of benzene rings is 1. The number of nitrogens with one attached hydrogen (secondary N) is 1. The van der Waals surface area contributed by atoms with Crippen molar-refractivity contribution in [2.75, 3.05) is 39.9 Å². The van der Waals surface area contributed by atoms with Gasteiger partial charge < -0.3 is 10.1 Å². The molecule has 2 fully saturated rings. The highest BCUT2D eigenvalue weighted by Crippen LogP contribution is 2.43. The van der Waals surface area contributed by atoms with Crippen molar-refractivity contribution in [3.05, 3.63) is 34.3 Å². The smallest absolute Gasteiger partial charge is 0.0508 e. The van der Waals surface area contributed by atoms with Crippen LogP contribution >= 0.6 is 15.9 Å². The lowest BCUT2D eigenvalue weighted by Gasteiger charge is -2.38. The van der Waals surface area contributed by atoms with Gasteiger partial charge in [-0.3, -0.25) is 4.90 Å². The molecule has 2 heterocycles. The van der Waals surface area contributed by atoms with Crippen LogP contribution in [0.5, 0.6) is 0 Å². The second-order valence-corrected chi connectivity index (χ2v) is 7.48. The maximum absolute atomic E-state index is 5.51. The highest BCUT2D eigenvalue weighted by Gasteiger charge is 2.46. The molecule has 0 radical (unpaired) electrons. The van der Waals surface area contributed by atoms with E-state index >= 15 is 0 Å². The summed E-state index contributed by atoms with van der Waals surface area (Å²) < 4.78 is 6.67. The fourth-order valence-corrected chi connectivity index (χ4v) is 4.30. The molecule has 3 rings (SSSR count). The van der Waals surface area contributed by atoms with Crippen LogP contribution in [0.15, 0.2) is 28.7 Å². The van der Waals surface area contributed by atoms with E-state index in [1.807, 2.05) is 7.11 Å². The fourth-order valence-electron chi connectivity index (χ4n) is 4.03. The van der Waals surface area contributed by atoms with Crippen LogP contribution in [0.1, 0.15) is 18.4 Å². The Hall–Kier alpha value is -0.420. The fraction of sp³-hybridized carbons (Fsp3) is 0.647. The van der Waals surface area contributed by atoms with Crippen LogP contribution in [0.25, 0.3) is 0 Å². The Morgan fingerprint density at radius 2 is 2.00 bits per heavy atom. The molecule has 0 saturated carbocycles. The minimum absolute atomic E-state index is 0.469. The van der Waals surface area contributed by atoms with E-state index in [9.17, 15) is 0 Å². The van der Waals surface area contributed by atoms with Gasteiger partial charge in [0.25, 0.3) is 0 Å². The standard InChI is InChI=1S/C17H25BrN2O/c1-21-12-15-11-20(10-14-2-4-16(18)5-3-14)13-17(15)6-8-19-9-7-17/h2-5,15,19H,6-13H2,1H3. The SMILES string of the molecule is COCC1CN(Cc2ccc(Br)cc2)CC12CCNCC2. The highest BCUT2D eigenvalue weighted by atomic mass is 79.9. The van der Waals surface area contributed by atoms with Gasteiger partial charge in [-0.25, -0.2) is 0 Å². The Bertz CT molecular complexity index is 456. The van der Waals surface area contributed by atoms with Gasteiger partial charge in [0.05, 0.1) is 6.61 Å². The number of nitrogens with zero attached hydrogens (tertiary/aromatic N) is 1. The van der Waals surface area contributed by atoms with Gasteiger partial charge >= 0.3 is 0 Å². The van der Waals surface area contributed by atoms with E-state index in [1.54, 1.807) is 0 Å². The molecule has 0 amide bonds. The average molecular weight is 353 g/mol. The normalized spacial score (nSPS) is 25.5. The molecule has 0 aromatic heterocycles. The number of rotatable bonds is 4. The van der Waals surface area contributed by atoms with Crippen molar-refractivity contribution in [3.63, 3.8) is 0 Å². The lowest BCUT2D eigenvalue weighted by molar-refractivity contribution is 0.0716. The van der Waals surface area contributed by atoms with Crippen molar-refractivity contribution in [1.82, 2.24) is 10.2 Å². The van der Waals surface area contributed by atoms with Gasteiger partial charge in [-0.1, -0.05) is 28.1 Å². The molecule has 116 valence electrons. The molecule has 2 aliphatic rings. The van der Waals surface area contributed by atoms with E-state index in [-0.39, 0.29) is 0 Å². The summed E-state index contributed by atoms with van der Waals surface area (Å²) in [5, 5.41) is 3.50. The van der Waals surface area contributed by atoms with Gasteiger partial charge in [0.2, 0.25) is 0 Å². The van der Waals surface area contributed by atoms with Crippen LogP contribution in [0, 0.1) is 11.3 Å². The second-order valence-electron chi connectivity index (χ2n) is 6.56. The number of halogens is 1. The first kappa shape index (κ1) is 15.5. The molecule has 1 atom stereocenters. The van der Waals surface area contributed by atoms with Crippen molar-refractivity contribution in [2.45, 2.75) is 19.4 Å². The molecule has 1 N–H and O–H groups in total. The summed E-state index contributed by atoms with van der Waals surface area (Å²) in [7, 11) is 1.84. The van der Waals surface area contributed by atoms with Crippen molar-refractivity contribution in [3.8, 4) is 0 Å². The lowest BCUT2D eigenvalue weighted by Crippen LogP contribution is -2.43. The Labute approximate surface area is 136 Å². The first-order chi connectivity index (χ1) is 10.2. The Morgan fingerprint density at radius 3 is 2.67 bits per heavy atom. The number of hydrogen-bond acceptors (Lipinski definition) is 3. The summed E-state index contributed by atoms with van der Waals surface area (Å²) >= 11 is 3.51. The van der Waals surface area contributed by atoms with Crippen molar-refractivity contribution in [1.29, 1.82) is 0 Å². The molecule has 21 heavy (non-hydrogen) atoms. The third kappa shape index (κ3) is 3.50. The molecular formula is C17H25BrN2O. The van der Waals surface area contributed by atoms with Gasteiger partial charge in [-0.05, 0) is 49.0 Å². The molecular weight excluding hydrogens is 328 g/mol. The van der Waals surface area contributed by atoms with Gasteiger partial charge in [0.1, 0.15) is 0 Å². The van der Waals surface area contributed by atoms with Crippen molar-refractivity contribution < 1.29 is 4.74 Å². The average Bonchev–Trinajstić information content (AvgIpc) is 2.80. The number of methoxy groups -OCH3 is 1. The van der Waals surface area contributed by atoms with E-state index in [0.29, 0.717) is 11.3 Å². The molecule has 2 saturated heterocycles. The van der Waals surface area contributed by atoms with Crippen LogP contribution in [0.2, 0.25) is 0 Å². The maximum Gasteiger partial charge on any atom is 0.0508 e. The van der Waals surface area contributed by atoms with E-state index in [1.165, 1.54) is 31.5 Å². The Morgan fingerprint density at radius 1 is 1.29 bits per heavy atom. The quantitative estimate of drug-likeness (QED) is 0.901. The van der Waals surface area contributed by atoms with E-state index < -0.39 is 0 Å². The minimum atomic E-state index is 0.469. The zero-order valence-electron chi connectivity index (χ0n) is 12.8. The third-order valence-electron chi connectivity index (χ3n) is 5.17. The number of piperidine rings is 1. The van der Waals surface area contributed by atoms with Crippen molar-refractivity contribution in [2.24, 2.45) is 11.3 Å². The highest BCUT2D eigenvalue weighted by molar-refractivity contribution is 9.10. The molecule has 0 aliphatic carbocycles. The predicted molar refractivity (Wildman–Crippen MR) is 89.3 cm³/mol. The number of likely N-dealkylation sites (tertiary alicyclic amines) is 1. The predicted octanol–water partition coefficient (Wildman–Crippen LogP) is 2.90. The molecule has 1 spiro atoms. The number of hydrogen-bond donors (Lipinski definition) is 1. The molecule has 3 nitrogen and oxygen atoms in total. The van der Waals surface area contributed by atoms with Crippen LogP contribution < -0.4 is 5.32 Å². The molecule has 2 aliphatic heterocycles. The molecule has 0 bridgehead atoms. The van der Waals surface area contributed by atoms with Gasteiger partial charge in [-0.2, -0.15) is 0 Å². The van der Waals surface area contributed by atoms with E-state index in [4.69, 9.17) is 4.74 Å². The molecule has 1 aromatic rings. The van der Waals surface area contributed by atoms with Crippen molar-refractivity contribution >= 4 is 15.9 Å².